The van der Waals surface area contributed by atoms with Crippen LogP contribution in [0.3, 0.4) is 0 Å². The van der Waals surface area contributed by atoms with E-state index in [1.807, 2.05) is 23.9 Å². The molecule has 1 heterocycles. The van der Waals surface area contributed by atoms with Crippen molar-refractivity contribution in [3.63, 3.8) is 0 Å². The van der Waals surface area contributed by atoms with E-state index >= 15 is 0 Å². The van der Waals surface area contributed by atoms with Crippen LogP contribution in [-0.4, -0.2) is 14.2 Å². The zero-order valence-corrected chi connectivity index (χ0v) is 16.2. The van der Waals surface area contributed by atoms with E-state index in [4.69, 9.17) is 21.1 Å². The summed E-state index contributed by atoms with van der Waals surface area (Å²) in [7, 11) is 3.05. The number of hydrogen-bond donors (Lipinski definition) is 0. The lowest BCUT2D eigenvalue weighted by Crippen LogP contribution is -2.12. The Morgan fingerprint density at radius 3 is 1.88 bits per heavy atom. The Bertz CT molecular complexity index is 897. The summed E-state index contributed by atoms with van der Waals surface area (Å²) in [5.74, 6) is 1.45. The van der Waals surface area contributed by atoms with Crippen LogP contribution in [0.5, 0.6) is 11.5 Å². The maximum Gasteiger partial charge on any atom is 0.212 e. The summed E-state index contributed by atoms with van der Waals surface area (Å²) in [5.41, 5.74) is 0. The van der Waals surface area contributed by atoms with Gasteiger partial charge in [-0.25, -0.2) is 0 Å². The van der Waals surface area contributed by atoms with Gasteiger partial charge in [0, 0.05) is 12.1 Å². The SMILES string of the molecule is COc1cc([S+]2c3ccccc3Sc3ccccc32)c(OC)cc1Cl. The third kappa shape index (κ3) is 2.88. The molecule has 0 saturated heterocycles. The van der Waals surface area contributed by atoms with Gasteiger partial charge in [-0.3, -0.25) is 0 Å². The summed E-state index contributed by atoms with van der Waals surface area (Å²) < 4.78 is 11.1. The van der Waals surface area contributed by atoms with E-state index in [2.05, 4.69) is 48.5 Å². The number of fused-ring (bicyclic) bond motifs is 2. The molecule has 0 amide bonds. The van der Waals surface area contributed by atoms with Crippen LogP contribution in [0.2, 0.25) is 5.02 Å². The van der Waals surface area contributed by atoms with Gasteiger partial charge in [-0.2, -0.15) is 0 Å². The molecule has 1 aliphatic heterocycles. The average molecular weight is 388 g/mol. The highest BCUT2D eigenvalue weighted by Gasteiger charge is 2.40. The fraction of sp³-hybridized carbons (Fsp3) is 0.100. The van der Waals surface area contributed by atoms with E-state index in [0.717, 1.165) is 10.6 Å². The summed E-state index contributed by atoms with van der Waals surface area (Å²) >= 11 is 8.13. The highest BCUT2D eigenvalue weighted by Crippen LogP contribution is 2.51. The quantitative estimate of drug-likeness (QED) is 0.407. The van der Waals surface area contributed by atoms with E-state index in [1.165, 1.54) is 19.6 Å². The number of rotatable bonds is 3. The molecular formula is C20H16ClO2S2+. The fourth-order valence-corrected chi connectivity index (χ4v) is 6.97. The van der Waals surface area contributed by atoms with Crippen LogP contribution in [0.4, 0.5) is 0 Å². The molecule has 0 aromatic heterocycles. The summed E-state index contributed by atoms with van der Waals surface area (Å²) in [4.78, 5) is 6.24. The lowest BCUT2D eigenvalue weighted by Gasteiger charge is -2.20. The van der Waals surface area contributed by atoms with Gasteiger partial charge in [-0.15, -0.1) is 0 Å². The van der Waals surface area contributed by atoms with Gasteiger partial charge < -0.3 is 9.47 Å². The average Bonchev–Trinajstić information content (AvgIpc) is 2.66. The van der Waals surface area contributed by atoms with Crippen molar-refractivity contribution in [1.29, 1.82) is 0 Å². The van der Waals surface area contributed by atoms with Gasteiger partial charge >= 0.3 is 0 Å². The minimum absolute atomic E-state index is 0.274. The van der Waals surface area contributed by atoms with Gasteiger partial charge in [0.25, 0.3) is 0 Å². The molecule has 5 heteroatoms. The first-order valence-electron chi connectivity index (χ1n) is 7.74. The molecule has 25 heavy (non-hydrogen) atoms. The van der Waals surface area contributed by atoms with Crippen LogP contribution < -0.4 is 9.47 Å². The summed E-state index contributed by atoms with van der Waals surface area (Å²) in [6.07, 6.45) is 0. The molecule has 0 atom stereocenters. The first kappa shape index (κ1) is 16.7. The molecule has 2 nitrogen and oxygen atoms in total. The minimum atomic E-state index is -0.274. The molecule has 0 bridgehead atoms. The van der Waals surface area contributed by atoms with Crippen molar-refractivity contribution in [2.75, 3.05) is 14.2 Å². The first-order chi connectivity index (χ1) is 12.2. The predicted molar refractivity (Wildman–Crippen MR) is 104 cm³/mol. The second-order valence-corrected chi connectivity index (χ2v) is 8.86. The van der Waals surface area contributed by atoms with Gasteiger partial charge in [0.15, 0.2) is 15.5 Å². The highest BCUT2D eigenvalue weighted by molar-refractivity contribution is 8.04. The Hall–Kier alpha value is -1.75. The predicted octanol–water partition coefficient (Wildman–Crippen LogP) is 5.92. The minimum Gasteiger partial charge on any atom is -0.495 e. The van der Waals surface area contributed by atoms with Crippen LogP contribution in [0.15, 0.2) is 85.1 Å². The topological polar surface area (TPSA) is 18.5 Å². The van der Waals surface area contributed by atoms with Gasteiger partial charge in [0.05, 0.1) is 29.0 Å². The molecular weight excluding hydrogens is 372 g/mol. The zero-order chi connectivity index (χ0) is 17.4. The number of methoxy groups -OCH3 is 2. The van der Waals surface area contributed by atoms with Crippen molar-refractivity contribution in [2.24, 2.45) is 0 Å². The number of halogens is 1. The van der Waals surface area contributed by atoms with Crippen molar-refractivity contribution < 1.29 is 9.47 Å². The normalized spacial score (nSPS) is 13.1. The Kier molecular flexibility index (Phi) is 4.59. The standard InChI is InChI=1S/C20H16ClO2S2/c1-22-14-12-20(15(23-2)11-13(14)21)25-18-9-5-3-7-16(18)24-17-8-4-6-10-19(17)25/h3-12H,1-2H3/q+1. The lowest BCUT2D eigenvalue weighted by atomic mass is 10.3. The van der Waals surface area contributed by atoms with E-state index < -0.39 is 0 Å². The summed E-state index contributed by atoms with van der Waals surface area (Å²) in [5, 5.41) is 0.555. The molecule has 0 radical (unpaired) electrons. The maximum absolute atomic E-state index is 6.31. The zero-order valence-electron chi connectivity index (χ0n) is 13.8. The Morgan fingerprint density at radius 1 is 0.760 bits per heavy atom. The van der Waals surface area contributed by atoms with Crippen molar-refractivity contribution in [2.45, 2.75) is 24.5 Å². The van der Waals surface area contributed by atoms with Gasteiger partial charge in [-0.1, -0.05) is 47.6 Å². The fourth-order valence-electron chi connectivity index (χ4n) is 2.87. The second kappa shape index (κ2) is 6.87. The molecule has 0 fully saturated rings. The van der Waals surface area contributed by atoms with E-state index in [9.17, 15) is 0 Å². The van der Waals surface area contributed by atoms with Crippen LogP contribution in [0.25, 0.3) is 0 Å². The Labute approximate surface area is 159 Å². The molecule has 1 aliphatic rings. The first-order valence-corrected chi connectivity index (χ1v) is 10.2. The largest absolute Gasteiger partial charge is 0.495 e. The van der Waals surface area contributed by atoms with Crippen molar-refractivity contribution >= 4 is 34.3 Å². The van der Waals surface area contributed by atoms with Gasteiger partial charge in [0.2, 0.25) is 4.90 Å². The van der Waals surface area contributed by atoms with Crippen LogP contribution in [0, 0.1) is 0 Å². The number of hydrogen-bond acceptors (Lipinski definition) is 3. The molecule has 0 aliphatic carbocycles. The smallest absolute Gasteiger partial charge is 0.212 e. The van der Waals surface area contributed by atoms with E-state index in [0.29, 0.717) is 10.8 Å². The van der Waals surface area contributed by atoms with Crippen molar-refractivity contribution in [1.82, 2.24) is 0 Å². The number of benzene rings is 3. The monoisotopic (exact) mass is 387 g/mol. The number of ether oxygens (including phenoxy) is 2. The van der Waals surface area contributed by atoms with E-state index in [-0.39, 0.29) is 10.9 Å². The van der Waals surface area contributed by atoms with Crippen LogP contribution in [0.1, 0.15) is 0 Å². The molecule has 3 aromatic carbocycles. The summed E-state index contributed by atoms with van der Waals surface area (Å²) in [6, 6.07) is 20.9. The second-order valence-electron chi connectivity index (χ2n) is 5.44. The third-order valence-corrected chi connectivity index (χ3v) is 8.07. The molecule has 126 valence electrons. The van der Waals surface area contributed by atoms with E-state index in [1.54, 1.807) is 14.2 Å². The van der Waals surface area contributed by atoms with Crippen molar-refractivity contribution in [3.05, 3.63) is 65.7 Å². The summed E-state index contributed by atoms with van der Waals surface area (Å²) in [6.45, 7) is 0. The van der Waals surface area contributed by atoms with Gasteiger partial charge in [-0.05, 0) is 24.3 Å². The van der Waals surface area contributed by atoms with Crippen LogP contribution in [-0.2, 0) is 10.9 Å². The molecule has 0 spiro atoms. The Morgan fingerprint density at radius 2 is 1.32 bits per heavy atom. The molecule has 0 N–H and O–H groups in total. The molecule has 0 saturated carbocycles. The lowest BCUT2D eigenvalue weighted by molar-refractivity contribution is 0.394. The molecule has 0 unspecified atom stereocenters. The highest BCUT2D eigenvalue weighted by atomic mass is 35.5. The van der Waals surface area contributed by atoms with Gasteiger partial charge in [0.1, 0.15) is 16.6 Å². The molecule has 3 aromatic rings. The Balaban J connectivity index is 2.00. The maximum atomic E-state index is 6.31. The van der Waals surface area contributed by atoms with Crippen molar-refractivity contribution in [3.8, 4) is 11.5 Å². The van der Waals surface area contributed by atoms with Crippen LogP contribution >= 0.6 is 23.4 Å². The third-order valence-electron chi connectivity index (χ3n) is 4.02. The molecule has 4 rings (SSSR count).